The van der Waals surface area contributed by atoms with Crippen molar-refractivity contribution in [2.45, 2.75) is 54.8 Å². The second-order valence-corrected chi connectivity index (χ2v) is 15.9. The van der Waals surface area contributed by atoms with Crippen LogP contribution in [0.4, 0.5) is 32.0 Å². The second-order valence-electron chi connectivity index (χ2n) is 13.7. The van der Waals surface area contributed by atoms with Crippen molar-refractivity contribution in [1.82, 2.24) is 9.97 Å². The summed E-state index contributed by atoms with van der Waals surface area (Å²) in [4.78, 5) is 65.8. The molecule has 0 bridgehead atoms. The van der Waals surface area contributed by atoms with E-state index in [9.17, 15) is 45.5 Å². The predicted octanol–water partition coefficient (Wildman–Crippen LogP) is 9.18. The molecule has 0 spiro atoms. The third kappa shape index (κ3) is 12.2. The molecule has 0 unspecified atom stereocenters. The first-order valence-corrected chi connectivity index (χ1v) is 20.5. The minimum atomic E-state index is -4.86. The van der Waals surface area contributed by atoms with E-state index in [2.05, 4.69) is 14.8 Å². The highest BCUT2D eigenvalue weighted by molar-refractivity contribution is 7.99. The predicted molar refractivity (Wildman–Crippen MR) is 220 cm³/mol. The summed E-state index contributed by atoms with van der Waals surface area (Å²) in [5.41, 5.74) is 10.1. The topological polar surface area (TPSA) is 150 Å². The SMILES string of the molecule is [C-]#[N+]c1ccc(C(=O)Cc2cc(C(F)(F)F)cc(CC(=O)c3cc(C(=O)Cc4cc(C(F)(F)F)cc(CC(=O)c5ccc(C)cc5)c4SCCN)ncn3)c2SCCN)cc1. The molecule has 1 heterocycles. The average molecular weight is 878 g/mol. The van der Waals surface area contributed by atoms with E-state index in [1.807, 2.05) is 6.92 Å². The molecular weight excluding hydrogens is 841 g/mol. The van der Waals surface area contributed by atoms with E-state index in [0.29, 0.717) is 0 Å². The monoisotopic (exact) mass is 877 g/mol. The molecule has 0 aliphatic carbocycles. The zero-order valence-corrected chi connectivity index (χ0v) is 34.1. The summed E-state index contributed by atoms with van der Waals surface area (Å²) < 4.78 is 85.5. The molecule has 316 valence electrons. The molecule has 17 heteroatoms. The molecule has 0 radical (unpaired) electrons. The van der Waals surface area contributed by atoms with Gasteiger partial charge in [-0.15, -0.1) is 23.5 Å². The number of ketones is 4. The zero-order valence-electron chi connectivity index (χ0n) is 32.5. The first-order valence-electron chi connectivity index (χ1n) is 18.5. The molecule has 9 nitrogen and oxygen atoms in total. The van der Waals surface area contributed by atoms with E-state index >= 15 is 0 Å². The van der Waals surface area contributed by atoms with Crippen molar-refractivity contribution in [3.63, 3.8) is 0 Å². The molecule has 0 amide bonds. The molecule has 4 aromatic carbocycles. The minimum absolute atomic E-state index is 0.00165. The molecule has 0 aliphatic heterocycles. The first kappa shape index (κ1) is 46.4. The number of halogens is 6. The van der Waals surface area contributed by atoms with E-state index in [1.54, 1.807) is 24.3 Å². The number of carbonyl (C=O) groups is 4. The Morgan fingerprint density at radius 3 is 1.30 bits per heavy atom. The number of nitrogens with two attached hydrogens (primary N) is 2. The van der Waals surface area contributed by atoms with Crippen molar-refractivity contribution in [2.75, 3.05) is 24.6 Å². The molecule has 5 aromatic rings. The summed E-state index contributed by atoms with van der Waals surface area (Å²) in [5, 5.41) is 0. The zero-order chi connectivity index (χ0) is 44.5. The van der Waals surface area contributed by atoms with E-state index < -0.39 is 72.3 Å². The maximum atomic E-state index is 14.3. The summed E-state index contributed by atoms with van der Waals surface area (Å²) in [6.45, 7) is 9.19. The van der Waals surface area contributed by atoms with Gasteiger partial charge in [-0.25, -0.2) is 14.8 Å². The highest BCUT2D eigenvalue weighted by atomic mass is 32.2. The van der Waals surface area contributed by atoms with Crippen LogP contribution in [0.2, 0.25) is 0 Å². The minimum Gasteiger partial charge on any atom is -0.330 e. The molecule has 1 aromatic heterocycles. The Bertz CT molecular complexity index is 2490. The Morgan fingerprint density at radius 1 is 0.590 bits per heavy atom. The number of alkyl halides is 6. The molecule has 0 saturated carbocycles. The lowest BCUT2D eigenvalue weighted by Gasteiger charge is -2.18. The van der Waals surface area contributed by atoms with Crippen molar-refractivity contribution >= 4 is 52.3 Å². The molecule has 0 saturated heterocycles. The third-order valence-corrected chi connectivity index (χ3v) is 11.7. The standard InChI is InChI=1S/C44H37F6N5O4S2/c1-25-3-5-26(6-4-25)37(56)19-28-15-32(43(45,46)47)17-30(41(28)60-13-11-51)21-39(58)35-23-36(55-24-54-35)40(59)22-31-18-33(44(48,49)50)16-29(42(31)61-14-12-52)20-38(57)27-7-9-34(53-2)10-8-27/h3-10,15-18,23-24H,11-14,19-22,51-52H2,1H3. The van der Waals surface area contributed by atoms with Gasteiger partial charge < -0.3 is 11.5 Å². The van der Waals surface area contributed by atoms with E-state index in [-0.39, 0.29) is 84.8 Å². The Kier molecular flexibility index (Phi) is 15.4. The summed E-state index contributed by atoms with van der Waals surface area (Å²) in [6, 6.07) is 16.5. The fourth-order valence-corrected chi connectivity index (χ4v) is 8.16. The largest absolute Gasteiger partial charge is 0.416 e. The summed E-state index contributed by atoms with van der Waals surface area (Å²) in [5.74, 6) is -2.11. The van der Waals surface area contributed by atoms with Gasteiger partial charge in [0.05, 0.1) is 17.7 Å². The van der Waals surface area contributed by atoms with Crippen molar-refractivity contribution in [2.24, 2.45) is 11.5 Å². The van der Waals surface area contributed by atoms with Gasteiger partial charge in [-0.2, -0.15) is 26.3 Å². The summed E-state index contributed by atoms with van der Waals surface area (Å²) in [7, 11) is 0. The molecule has 4 N–H and O–H groups in total. The smallest absolute Gasteiger partial charge is 0.330 e. The molecular formula is C44H37F6N5O4S2. The van der Waals surface area contributed by atoms with Crippen LogP contribution >= 0.6 is 23.5 Å². The van der Waals surface area contributed by atoms with Crippen LogP contribution in [-0.4, -0.2) is 57.7 Å². The van der Waals surface area contributed by atoms with Crippen LogP contribution in [-0.2, 0) is 38.0 Å². The summed E-state index contributed by atoms with van der Waals surface area (Å²) in [6.07, 6.45) is -11.0. The number of carbonyl (C=O) groups excluding carboxylic acids is 4. The molecule has 5 rings (SSSR count). The van der Waals surface area contributed by atoms with Crippen LogP contribution in [0.25, 0.3) is 4.85 Å². The van der Waals surface area contributed by atoms with Crippen LogP contribution in [0, 0.1) is 13.5 Å². The van der Waals surface area contributed by atoms with Crippen LogP contribution in [0.15, 0.2) is 95.0 Å². The molecule has 0 aliphatic rings. The Balaban J connectivity index is 1.48. The Morgan fingerprint density at radius 2 is 0.951 bits per heavy atom. The van der Waals surface area contributed by atoms with Gasteiger partial charge in [0, 0.05) is 71.2 Å². The normalized spacial score (nSPS) is 11.6. The molecule has 0 atom stereocenters. The van der Waals surface area contributed by atoms with Crippen LogP contribution in [0.3, 0.4) is 0 Å². The van der Waals surface area contributed by atoms with Gasteiger partial charge in [0.2, 0.25) is 0 Å². The molecule has 61 heavy (non-hydrogen) atoms. The third-order valence-electron chi connectivity index (χ3n) is 9.20. The number of hydrogen-bond acceptors (Lipinski definition) is 10. The highest BCUT2D eigenvalue weighted by Crippen LogP contribution is 2.39. The lowest BCUT2D eigenvalue weighted by molar-refractivity contribution is -0.138. The number of Topliss-reactive ketones (excluding diaryl/α,β-unsaturated/α-hetero) is 4. The van der Waals surface area contributed by atoms with Crippen LogP contribution in [0.5, 0.6) is 0 Å². The van der Waals surface area contributed by atoms with Gasteiger partial charge in [0.25, 0.3) is 0 Å². The molecule has 0 fully saturated rings. The fraction of sp³-hybridized carbons (Fsp3) is 0.250. The average Bonchev–Trinajstić information content (AvgIpc) is 3.22. The number of nitrogens with zero attached hydrogens (tertiary/aromatic N) is 3. The maximum Gasteiger partial charge on any atom is 0.416 e. The summed E-state index contributed by atoms with van der Waals surface area (Å²) >= 11 is 2.15. The van der Waals surface area contributed by atoms with Crippen molar-refractivity contribution in [1.29, 1.82) is 0 Å². The maximum absolute atomic E-state index is 14.3. The van der Waals surface area contributed by atoms with Gasteiger partial charge in [-0.3, -0.25) is 19.2 Å². The fourth-order valence-electron chi connectivity index (χ4n) is 6.25. The Labute approximate surface area is 355 Å². The van der Waals surface area contributed by atoms with Crippen molar-refractivity contribution in [3.05, 3.63) is 158 Å². The number of thioether (sulfide) groups is 2. The lowest BCUT2D eigenvalue weighted by Crippen LogP contribution is -2.16. The number of aromatic nitrogens is 2. The van der Waals surface area contributed by atoms with Gasteiger partial charge in [0.1, 0.15) is 17.7 Å². The van der Waals surface area contributed by atoms with Gasteiger partial charge in [-0.1, -0.05) is 54.1 Å². The van der Waals surface area contributed by atoms with E-state index in [1.165, 1.54) is 24.3 Å². The van der Waals surface area contributed by atoms with Crippen molar-refractivity contribution in [3.8, 4) is 0 Å². The lowest BCUT2D eigenvalue weighted by atomic mass is 9.95. The van der Waals surface area contributed by atoms with Crippen LogP contribution in [0.1, 0.15) is 80.6 Å². The van der Waals surface area contributed by atoms with Gasteiger partial charge >= 0.3 is 12.4 Å². The quantitative estimate of drug-likeness (QED) is 0.0378. The highest BCUT2D eigenvalue weighted by Gasteiger charge is 2.34. The van der Waals surface area contributed by atoms with Crippen molar-refractivity contribution < 1.29 is 45.5 Å². The van der Waals surface area contributed by atoms with Crippen LogP contribution < -0.4 is 11.5 Å². The number of benzene rings is 4. The van der Waals surface area contributed by atoms with Gasteiger partial charge in [0.15, 0.2) is 28.8 Å². The number of hydrogen-bond donors (Lipinski definition) is 2. The Hall–Kier alpha value is -5.67. The first-order chi connectivity index (χ1) is 28.9. The number of rotatable bonds is 18. The van der Waals surface area contributed by atoms with E-state index in [4.69, 9.17) is 18.0 Å². The second kappa shape index (κ2) is 20.3. The van der Waals surface area contributed by atoms with Gasteiger partial charge in [-0.05, 0) is 59.5 Å². The van der Waals surface area contributed by atoms with E-state index in [0.717, 1.165) is 65.7 Å². The number of aryl methyl sites for hydroxylation is 1.